The van der Waals surface area contributed by atoms with Crippen molar-refractivity contribution in [1.82, 2.24) is 9.21 Å². The molecule has 0 bridgehead atoms. The van der Waals surface area contributed by atoms with Gasteiger partial charge in [0.25, 0.3) is 0 Å². The number of nitrogens with zero attached hydrogens (tertiary/aromatic N) is 2. The maximum atomic E-state index is 12.9. The second kappa shape index (κ2) is 8.06. The summed E-state index contributed by atoms with van der Waals surface area (Å²) in [4.78, 5) is 13.7. The number of halogens is 1. The molecule has 138 valence electrons. The third-order valence-electron chi connectivity index (χ3n) is 5.10. The number of amides is 1. The van der Waals surface area contributed by atoms with Crippen molar-refractivity contribution >= 4 is 27.5 Å². The number of piperidine rings is 1. The third-order valence-corrected chi connectivity index (χ3v) is 7.24. The van der Waals surface area contributed by atoms with Gasteiger partial charge in [-0.05, 0) is 43.4 Å². The Hall–Kier alpha value is -1.11. The molecule has 1 atom stereocenters. The molecule has 1 amide bonds. The smallest absolute Gasteiger partial charge is 0.222 e. The number of hydrogen-bond donors (Lipinski definition) is 0. The Bertz CT molecular complexity index is 706. The molecule has 2 fully saturated rings. The van der Waals surface area contributed by atoms with E-state index in [1.165, 1.54) is 0 Å². The molecule has 0 radical (unpaired) electrons. The quantitative estimate of drug-likeness (QED) is 0.757. The fourth-order valence-corrected chi connectivity index (χ4v) is 5.73. The molecule has 2 aliphatic heterocycles. The van der Waals surface area contributed by atoms with Crippen molar-refractivity contribution in [2.45, 2.75) is 50.3 Å². The number of likely N-dealkylation sites (tertiary alicyclic amines) is 1. The summed E-state index contributed by atoms with van der Waals surface area (Å²) >= 11 is 5.88. The maximum Gasteiger partial charge on any atom is 0.222 e. The topological polar surface area (TPSA) is 57.7 Å². The zero-order valence-corrected chi connectivity index (χ0v) is 15.9. The predicted molar refractivity (Wildman–Crippen MR) is 98.9 cm³/mol. The number of benzene rings is 1. The zero-order valence-electron chi connectivity index (χ0n) is 14.4. The molecule has 2 saturated heterocycles. The van der Waals surface area contributed by atoms with Crippen molar-refractivity contribution in [1.29, 1.82) is 0 Å². The highest BCUT2D eigenvalue weighted by Crippen LogP contribution is 2.26. The second-order valence-corrected chi connectivity index (χ2v) is 9.27. The minimum absolute atomic E-state index is 0.000509. The van der Waals surface area contributed by atoms with Gasteiger partial charge < -0.3 is 4.90 Å². The lowest BCUT2D eigenvalue weighted by molar-refractivity contribution is -0.127. The van der Waals surface area contributed by atoms with Crippen LogP contribution in [0.1, 0.15) is 44.1 Å². The molecule has 0 aliphatic carbocycles. The molecule has 0 aromatic heterocycles. The van der Waals surface area contributed by atoms with Crippen molar-refractivity contribution < 1.29 is 13.2 Å². The average Bonchev–Trinajstić information content (AvgIpc) is 3.00. The van der Waals surface area contributed by atoms with Crippen LogP contribution < -0.4 is 0 Å². The molecular weight excluding hydrogens is 360 g/mol. The van der Waals surface area contributed by atoms with E-state index in [0.717, 1.165) is 44.2 Å². The molecule has 5 nitrogen and oxygen atoms in total. The fraction of sp³-hybridized carbons (Fsp3) is 0.611. The van der Waals surface area contributed by atoms with Crippen LogP contribution in [-0.4, -0.2) is 49.2 Å². The summed E-state index contributed by atoms with van der Waals surface area (Å²) in [5.74, 6) is 0.204. The standard InChI is InChI=1S/C18H25ClN2O3S/c19-16-8-6-15(7-9-16)14-25(23,24)21-12-2-1-4-17(21)10-13-20-11-3-5-18(20)22/h6-9,17H,1-5,10-14H2/t17-/m0/s1. The van der Waals surface area contributed by atoms with E-state index in [-0.39, 0.29) is 17.7 Å². The number of hydrogen-bond acceptors (Lipinski definition) is 3. The summed E-state index contributed by atoms with van der Waals surface area (Å²) in [5.41, 5.74) is 0.753. The average molecular weight is 385 g/mol. The highest BCUT2D eigenvalue weighted by atomic mass is 35.5. The molecule has 2 heterocycles. The summed E-state index contributed by atoms with van der Waals surface area (Å²) < 4.78 is 27.5. The molecule has 3 rings (SSSR count). The van der Waals surface area contributed by atoms with Crippen LogP contribution >= 0.6 is 11.6 Å². The summed E-state index contributed by atoms with van der Waals surface area (Å²) in [6.07, 6.45) is 5.10. The Morgan fingerprint density at radius 1 is 1.08 bits per heavy atom. The number of rotatable bonds is 6. The van der Waals surface area contributed by atoms with E-state index >= 15 is 0 Å². The molecule has 1 aromatic carbocycles. The lowest BCUT2D eigenvalue weighted by Crippen LogP contribution is -2.45. The Balaban J connectivity index is 1.66. The van der Waals surface area contributed by atoms with E-state index in [1.54, 1.807) is 28.6 Å². The van der Waals surface area contributed by atoms with Gasteiger partial charge in [0.2, 0.25) is 15.9 Å². The van der Waals surface area contributed by atoms with Crippen LogP contribution in [0.5, 0.6) is 0 Å². The molecule has 1 aromatic rings. The van der Waals surface area contributed by atoms with Gasteiger partial charge in [-0.1, -0.05) is 30.2 Å². The normalized spacial score (nSPS) is 22.5. The summed E-state index contributed by atoms with van der Waals surface area (Å²) in [7, 11) is -3.37. The first kappa shape index (κ1) is 18.7. The van der Waals surface area contributed by atoms with Crippen molar-refractivity contribution in [2.24, 2.45) is 0 Å². The van der Waals surface area contributed by atoms with E-state index in [1.807, 2.05) is 4.90 Å². The van der Waals surface area contributed by atoms with Crippen LogP contribution in [0.3, 0.4) is 0 Å². The number of carbonyl (C=O) groups excluding carboxylic acids is 1. The summed E-state index contributed by atoms with van der Waals surface area (Å²) in [6, 6.07) is 6.97. The first-order chi connectivity index (χ1) is 12.0. The van der Waals surface area contributed by atoms with Gasteiger partial charge in [0.05, 0.1) is 5.75 Å². The van der Waals surface area contributed by atoms with Gasteiger partial charge in [-0.3, -0.25) is 4.79 Å². The SMILES string of the molecule is O=C1CCCN1CC[C@@H]1CCCCN1S(=O)(=O)Cc1ccc(Cl)cc1. The lowest BCUT2D eigenvalue weighted by Gasteiger charge is -2.35. The van der Waals surface area contributed by atoms with Crippen LogP contribution in [0.2, 0.25) is 5.02 Å². The van der Waals surface area contributed by atoms with Crippen molar-refractivity contribution in [2.75, 3.05) is 19.6 Å². The maximum absolute atomic E-state index is 12.9. The highest BCUT2D eigenvalue weighted by molar-refractivity contribution is 7.88. The van der Waals surface area contributed by atoms with Gasteiger partial charge >= 0.3 is 0 Å². The first-order valence-electron chi connectivity index (χ1n) is 8.97. The Labute approximate surface area is 155 Å². The molecule has 2 aliphatic rings. The van der Waals surface area contributed by atoms with E-state index in [9.17, 15) is 13.2 Å². The van der Waals surface area contributed by atoms with Crippen molar-refractivity contribution in [3.05, 3.63) is 34.9 Å². The van der Waals surface area contributed by atoms with Gasteiger partial charge in [0, 0.05) is 37.1 Å². The van der Waals surface area contributed by atoms with Crippen LogP contribution in [-0.2, 0) is 20.6 Å². The largest absolute Gasteiger partial charge is 0.343 e. The van der Waals surface area contributed by atoms with Gasteiger partial charge in [-0.25, -0.2) is 8.42 Å². The number of carbonyl (C=O) groups is 1. The van der Waals surface area contributed by atoms with Gasteiger partial charge in [-0.2, -0.15) is 4.31 Å². The van der Waals surface area contributed by atoms with Gasteiger partial charge in [0.15, 0.2) is 0 Å². The van der Waals surface area contributed by atoms with E-state index in [0.29, 0.717) is 24.5 Å². The van der Waals surface area contributed by atoms with Crippen LogP contribution in [0.15, 0.2) is 24.3 Å². The van der Waals surface area contributed by atoms with Crippen molar-refractivity contribution in [3.63, 3.8) is 0 Å². The first-order valence-corrected chi connectivity index (χ1v) is 11.0. The molecule has 0 saturated carbocycles. The van der Waals surface area contributed by atoms with Crippen molar-refractivity contribution in [3.8, 4) is 0 Å². The Morgan fingerprint density at radius 3 is 2.52 bits per heavy atom. The Morgan fingerprint density at radius 2 is 1.84 bits per heavy atom. The van der Waals surface area contributed by atoms with E-state index in [4.69, 9.17) is 11.6 Å². The van der Waals surface area contributed by atoms with Gasteiger partial charge in [0.1, 0.15) is 0 Å². The summed E-state index contributed by atoms with van der Waals surface area (Å²) in [5, 5.41) is 0.604. The molecule has 0 N–H and O–H groups in total. The van der Waals surface area contributed by atoms with Crippen LogP contribution in [0.25, 0.3) is 0 Å². The lowest BCUT2D eigenvalue weighted by atomic mass is 10.0. The molecule has 0 spiro atoms. The third kappa shape index (κ3) is 4.74. The van der Waals surface area contributed by atoms with Crippen LogP contribution in [0, 0.1) is 0 Å². The predicted octanol–water partition coefficient (Wildman–Crippen LogP) is 3.04. The fourth-order valence-electron chi connectivity index (χ4n) is 3.75. The minimum Gasteiger partial charge on any atom is -0.343 e. The minimum atomic E-state index is -3.37. The molecular formula is C18H25ClN2O3S. The second-order valence-electron chi connectivity index (χ2n) is 6.92. The Kier molecular flexibility index (Phi) is 6.02. The van der Waals surface area contributed by atoms with E-state index < -0.39 is 10.0 Å². The number of sulfonamides is 1. The monoisotopic (exact) mass is 384 g/mol. The molecule has 25 heavy (non-hydrogen) atoms. The zero-order chi connectivity index (χ0) is 17.9. The summed E-state index contributed by atoms with van der Waals surface area (Å²) in [6.45, 7) is 2.05. The van der Waals surface area contributed by atoms with Gasteiger partial charge in [-0.15, -0.1) is 0 Å². The highest BCUT2D eigenvalue weighted by Gasteiger charge is 2.33. The van der Waals surface area contributed by atoms with Crippen LogP contribution in [0.4, 0.5) is 0 Å². The van der Waals surface area contributed by atoms with E-state index in [2.05, 4.69) is 0 Å². The molecule has 0 unspecified atom stereocenters. The molecule has 7 heteroatoms.